The van der Waals surface area contributed by atoms with Gasteiger partial charge in [0.1, 0.15) is 6.61 Å². The molecule has 0 bridgehead atoms. The smallest absolute Gasteiger partial charge is 0.370 e. The fraction of sp³-hybridized carbons (Fsp3) is 0.267. The molecule has 0 aliphatic carbocycles. The normalized spacial score (nSPS) is 11.6. The second-order valence-corrected chi connectivity index (χ2v) is 4.45. The lowest BCUT2D eigenvalue weighted by molar-refractivity contribution is -0.173. The number of hydrogen-bond acceptors (Lipinski definition) is 2. The summed E-state index contributed by atoms with van der Waals surface area (Å²) in [5, 5.41) is 4.27. The van der Waals surface area contributed by atoms with E-state index in [1.807, 2.05) is 30.3 Å². The molecule has 21 heavy (non-hydrogen) atoms. The van der Waals surface area contributed by atoms with E-state index in [1.165, 1.54) is 0 Å². The topological polar surface area (TPSA) is 38.3 Å². The molecule has 2 rings (SSSR count). The number of hydrogen-bond donors (Lipinski definition) is 1. The van der Waals surface area contributed by atoms with Crippen LogP contribution in [-0.4, -0.2) is 31.8 Å². The van der Waals surface area contributed by atoms with Gasteiger partial charge in [0.2, 0.25) is 0 Å². The van der Waals surface area contributed by atoms with Crippen LogP contribution in [0.3, 0.4) is 0 Å². The molecule has 0 aliphatic rings. The summed E-state index contributed by atoms with van der Waals surface area (Å²) in [6.07, 6.45) is -4.35. The molecule has 0 fully saturated rings. The molecule has 0 saturated heterocycles. The zero-order valence-electron chi connectivity index (χ0n) is 11.1. The predicted molar refractivity (Wildman–Crippen MR) is 73.2 cm³/mol. The molecule has 0 saturated carbocycles. The van der Waals surface area contributed by atoms with Gasteiger partial charge >= 0.3 is 6.18 Å². The summed E-state index contributed by atoms with van der Waals surface area (Å²) in [7, 11) is 0. The molecule has 0 atom stereocenters. The largest absolute Gasteiger partial charge is 0.411 e. The average molecular weight is 297 g/mol. The predicted octanol–water partition coefficient (Wildman–Crippen LogP) is 3.15. The van der Waals surface area contributed by atoms with E-state index in [-0.39, 0.29) is 19.1 Å². The maximum atomic E-state index is 12.0. The fourth-order valence-corrected chi connectivity index (χ4v) is 1.94. The molecule has 112 valence electrons. The van der Waals surface area contributed by atoms with Gasteiger partial charge in [-0.25, -0.2) is 0 Å². The van der Waals surface area contributed by atoms with Gasteiger partial charge in [-0.15, -0.1) is 0 Å². The standard InChI is InChI=1S/C15H14F3NO2/c16-15(17,18)10-21-9-8-19-14(20)13-7-3-5-11-4-1-2-6-12(11)13/h1-7H,8-10H2,(H,19,20). The van der Waals surface area contributed by atoms with Gasteiger partial charge in [-0.1, -0.05) is 36.4 Å². The van der Waals surface area contributed by atoms with Crippen LogP contribution in [0, 0.1) is 0 Å². The van der Waals surface area contributed by atoms with E-state index >= 15 is 0 Å². The number of carbonyl (C=O) groups is 1. The lowest BCUT2D eigenvalue weighted by Crippen LogP contribution is -2.29. The Labute approximate surface area is 119 Å². The first kappa shape index (κ1) is 15.3. The van der Waals surface area contributed by atoms with Gasteiger partial charge in [-0.2, -0.15) is 13.2 Å². The minimum atomic E-state index is -4.35. The number of amides is 1. The van der Waals surface area contributed by atoms with E-state index in [1.54, 1.807) is 12.1 Å². The van der Waals surface area contributed by atoms with Crippen LogP contribution < -0.4 is 5.32 Å². The van der Waals surface area contributed by atoms with Gasteiger partial charge in [0.15, 0.2) is 0 Å². The molecule has 0 unspecified atom stereocenters. The van der Waals surface area contributed by atoms with Gasteiger partial charge in [0, 0.05) is 12.1 Å². The van der Waals surface area contributed by atoms with Gasteiger partial charge in [0.05, 0.1) is 6.61 Å². The average Bonchev–Trinajstić information content (AvgIpc) is 2.45. The van der Waals surface area contributed by atoms with Crippen LogP contribution in [0.25, 0.3) is 10.8 Å². The van der Waals surface area contributed by atoms with Crippen LogP contribution in [0.15, 0.2) is 42.5 Å². The summed E-state index contributed by atoms with van der Waals surface area (Å²) in [4.78, 5) is 12.0. The van der Waals surface area contributed by atoms with Crippen molar-refractivity contribution in [2.24, 2.45) is 0 Å². The van der Waals surface area contributed by atoms with Gasteiger partial charge in [-0.05, 0) is 16.8 Å². The van der Waals surface area contributed by atoms with Crippen LogP contribution in [0.1, 0.15) is 10.4 Å². The summed E-state index contributed by atoms with van der Waals surface area (Å²) in [5.41, 5.74) is 0.490. The van der Waals surface area contributed by atoms with Crippen molar-refractivity contribution in [3.8, 4) is 0 Å². The first-order valence-corrected chi connectivity index (χ1v) is 6.38. The maximum absolute atomic E-state index is 12.0. The van der Waals surface area contributed by atoms with Crippen LogP contribution in [0.5, 0.6) is 0 Å². The van der Waals surface area contributed by atoms with E-state index in [9.17, 15) is 18.0 Å². The van der Waals surface area contributed by atoms with Gasteiger partial charge in [0.25, 0.3) is 5.91 Å². The monoisotopic (exact) mass is 297 g/mol. The molecule has 6 heteroatoms. The number of halogens is 3. The molecule has 2 aromatic rings. The van der Waals surface area contributed by atoms with Crippen LogP contribution >= 0.6 is 0 Å². The molecule has 0 heterocycles. The number of ether oxygens (including phenoxy) is 1. The third kappa shape index (κ3) is 4.46. The Morgan fingerprint density at radius 3 is 2.57 bits per heavy atom. The molecule has 1 amide bonds. The highest BCUT2D eigenvalue weighted by atomic mass is 19.4. The number of rotatable bonds is 5. The first-order chi connectivity index (χ1) is 9.97. The van der Waals surface area contributed by atoms with E-state index in [2.05, 4.69) is 10.1 Å². The van der Waals surface area contributed by atoms with Crippen LogP contribution in [0.4, 0.5) is 13.2 Å². The summed E-state index contributed by atoms with van der Waals surface area (Å²) in [6.45, 7) is -1.47. The quantitative estimate of drug-likeness (QED) is 0.861. The second-order valence-electron chi connectivity index (χ2n) is 4.45. The van der Waals surface area contributed by atoms with Crippen molar-refractivity contribution in [2.45, 2.75) is 6.18 Å². The van der Waals surface area contributed by atoms with Crippen molar-refractivity contribution < 1.29 is 22.7 Å². The molecule has 1 N–H and O–H groups in total. The van der Waals surface area contributed by atoms with Crippen LogP contribution in [0.2, 0.25) is 0 Å². The van der Waals surface area contributed by atoms with Gasteiger partial charge in [-0.3, -0.25) is 4.79 Å². The number of alkyl halides is 3. The zero-order chi connectivity index (χ0) is 15.3. The molecule has 0 spiro atoms. The fourth-order valence-electron chi connectivity index (χ4n) is 1.94. The van der Waals surface area contributed by atoms with Crippen molar-refractivity contribution in [3.63, 3.8) is 0 Å². The lowest BCUT2D eigenvalue weighted by atomic mass is 10.0. The van der Waals surface area contributed by atoms with E-state index in [0.29, 0.717) is 5.56 Å². The van der Waals surface area contributed by atoms with E-state index in [0.717, 1.165) is 10.8 Å². The molecular formula is C15H14F3NO2. The molecule has 0 aliphatic heterocycles. The summed E-state index contributed by atoms with van der Waals surface area (Å²) < 4.78 is 40.0. The van der Waals surface area contributed by atoms with Crippen molar-refractivity contribution in [3.05, 3.63) is 48.0 Å². The summed E-state index contributed by atoms with van der Waals surface area (Å²) in [6, 6.07) is 12.7. The maximum Gasteiger partial charge on any atom is 0.411 e. The third-order valence-electron chi connectivity index (χ3n) is 2.83. The Hall–Kier alpha value is -2.08. The van der Waals surface area contributed by atoms with Crippen molar-refractivity contribution in [1.82, 2.24) is 5.32 Å². The van der Waals surface area contributed by atoms with E-state index < -0.39 is 12.8 Å². The highest BCUT2D eigenvalue weighted by Crippen LogP contribution is 2.18. The van der Waals surface area contributed by atoms with Crippen molar-refractivity contribution >= 4 is 16.7 Å². The van der Waals surface area contributed by atoms with Crippen LogP contribution in [-0.2, 0) is 4.74 Å². The minimum absolute atomic E-state index is 0.0259. The Morgan fingerprint density at radius 2 is 1.81 bits per heavy atom. The van der Waals surface area contributed by atoms with Gasteiger partial charge < -0.3 is 10.1 Å². The Bertz CT molecular complexity index is 620. The Balaban J connectivity index is 1.91. The zero-order valence-corrected chi connectivity index (χ0v) is 11.1. The molecule has 3 nitrogen and oxygen atoms in total. The van der Waals surface area contributed by atoms with Crippen molar-refractivity contribution in [2.75, 3.05) is 19.8 Å². The number of carbonyl (C=O) groups excluding carboxylic acids is 1. The third-order valence-corrected chi connectivity index (χ3v) is 2.83. The second kappa shape index (κ2) is 6.58. The SMILES string of the molecule is O=C(NCCOCC(F)(F)F)c1cccc2ccccc12. The highest BCUT2D eigenvalue weighted by Gasteiger charge is 2.27. The summed E-state index contributed by atoms with van der Waals surface area (Å²) in [5.74, 6) is -0.331. The summed E-state index contributed by atoms with van der Waals surface area (Å²) >= 11 is 0. The lowest BCUT2D eigenvalue weighted by Gasteiger charge is -2.09. The Morgan fingerprint density at radius 1 is 1.10 bits per heavy atom. The Kier molecular flexibility index (Phi) is 4.80. The van der Waals surface area contributed by atoms with E-state index in [4.69, 9.17) is 0 Å². The number of fused-ring (bicyclic) bond motifs is 1. The number of nitrogens with one attached hydrogen (secondary N) is 1. The molecule has 2 aromatic carbocycles. The number of benzene rings is 2. The molecule has 0 aromatic heterocycles. The van der Waals surface area contributed by atoms with Crippen molar-refractivity contribution in [1.29, 1.82) is 0 Å². The first-order valence-electron chi connectivity index (χ1n) is 6.38. The minimum Gasteiger partial charge on any atom is -0.370 e. The molecule has 0 radical (unpaired) electrons. The highest BCUT2D eigenvalue weighted by molar-refractivity contribution is 6.06. The molecular weight excluding hydrogens is 283 g/mol.